The van der Waals surface area contributed by atoms with Gasteiger partial charge in [-0.1, -0.05) is 20.8 Å². The van der Waals surface area contributed by atoms with Crippen LogP contribution in [-0.2, 0) is 6.42 Å². The molecule has 0 bridgehead atoms. The molecule has 0 amide bonds. The van der Waals surface area contributed by atoms with E-state index in [0.29, 0.717) is 6.42 Å². The molecule has 0 spiro atoms. The van der Waals surface area contributed by atoms with Crippen LogP contribution in [0.25, 0.3) is 0 Å². The fraction of sp³-hybridized carbons (Fsp3) is 0.583. The largest absolute Gasteiger partial charge is 0.393 e. The van der Waals surface area contributed by atoms with Crippen molar-refractivity contribution in [3.05, 3.63) is 28.5 Å². The summed E-state index contributed by atoms with van der Waals surface area (Å²) in [6.07, 6.45) is 4.74. The molecule has 1 aromatic heterocycles. The van der Waals surface area contributed by atoms with Crippen LogP contribution < -0.4 is 0 Å². The van der Waals surface area contributed by atoms with Gasteiger partial charge in [0.05, 0.1) is 6.10 Å². The Balaban J connectivity index is 2.55. The lowest BCUT2D eigenvalue weighted by Gasteiger charge is -2.22. The second-order valence-electron chi connectivity index (χ2n) is 5.13. The van der Waals surface area contributed by atoms with Crippen LogP contribution in [0.1, 0.15) is 32.8 Å². The summed E-state index contributed by atoms with van der Waals surface area (Å²) >= 11 is 3.37. The molecular formula is C12H18BrNO. The van der Waals surface area contributed by atoms with Gasteiger partial charge in [-0.3, -0.25) is 4.98 Å². The lowest BCUT2D eigenvalue weighted by molar-refractivity contribution is 0.121. The van der Waals surface area contributed by atoms with Crippen molar-refractivity contribution in [3.63, 3.8) is 0 Å². The van der Waals surface area contributed by atoms with E-state index in [4.69, 9.17) is 0 Å². The highest BCUT2D eigenvalue weighted by molar-refractivity contribution is 9.10. The number of rotatable bonds is 3. The predicted octanol–water partition coefficient (Wildman–Crippen LogP) is 3.18. The first kappa shape index (κ1) is 12.7. The van der Waals surface area contributed by atoms with Gasteiger partial charge in [0, 0.05) is 16.9 Å². The van der Waals surface area contributed by atoms with Gasteiger partial charge >= 0.3 is 0 Å². The Labute approximate surface area is 99.9 Å². The van der Waals surface area contributed by atoms with E-state index in [1.54, 1.807) is 12.4 Å². The molecule has 0 aliphatic heterocycles. The van der Waals surface area contributed by atoms with Crippen LogP contribution in [0, 0.1) is 5.41 Å². The molecule has 1 N–H and O–H groups in total. The summed E-state index contributed by atoms with van der Waals surface area (Å²) in [5.74, 6) is 0. The first-order chi connectivity index (χ1) is 6.87. The van der Waals surface area contributed by atoms with Crippen LogP contribution in [0.2, 0.25) is 0 Å². The van der Waals surface area contributed by atoms with Gasteiger partial charge < -0.3 is 5.11 Å². The maximum atomic E-state index is 9.89. The highest BCUT2D eigenvalue weighted by Gasteiger charge is 2.16. The zero-order valence-electron chi connectivity index (χ0n) is 9.50. The third-order valence-corrected chi connectivity index (χ3v) is 2.51. The SMILES string of the molecule is CC(C)(C)CC(O)Cc1cncc(Br)c1. The maximum absolute atomic E-state index is 9.89. The molecule has 84 valence electrons. The summed E-state index contributed by atoms with van der Waals surface area (Å²) in [7, 11) is 0. The van der Waals surface area contributed by atoms with E-state index in [1.807, 2.05) is 6.07 Å². The standard InChI is InChI=1S/C12H18BrNO/c1-12(2,3)6-11(15)5-9-4-10(13)8-14-7-9/h4,7-8,11,15H,5-6H2,1-3H3. The normalized spacial score (nSPS) is 13.9. The molecular weight excluding hydrogens is 254 g/mol. The maximum Gasteiger partial charge on any atom is 0.0586 e. The number of pyridine rings is 1. The number of aromatic nitrogens is 1. The first-order valence-electron chi connectivity index (χ1n) is 5.14. The molecule has 0 saturated carbocycles. The Morgan fingerprint density at radius 2 is 2.07 bits per heavy atom. The second-order valence-corrected chi connectivity index (χ2v) is 6.05. The number of hydrogen-bond donors (Lipinski definition) is 1. The van der Waals surface area contributed by atoms with Gasteiger partial charge in [0.2, 0.25) is 0 Å². The molecule has 1 heterocycles. The highest BCUT2D eigenvalue weighted by Crippen LogP contribution is 2.22. The number of hydrogen-bond acceptors (Lipinski definition) is 2. The minimum atomic E-state index is -0.291. The van der Waals surface area contributed by atoms with E-state index in [0.717, 1.165) is 16.5 Å². The van der Waals surface area contributed by atoms with Crippen LogP contribution >= 0.6 is 15.9 Å². The van der Waals surface area contributed by atoms with E-state index in [2.05, 4.69) is 41.7 Å². The summed E-state index contributed by atoms with van der Waals surface area (Å²) in [5.41, 5.74) is 1.24. The van der Waals surface area contributed by atoms with Crippen molar-refractivity contribution in [2.45, 2.75) is 39.7 Å². The zero-order valence-corrected chi connectivity index (χ0v) is 11.1. The number of aliphatic hydroxyl groups excluding tert-OH is 1. The van der Waals surface area contributed by atoms with Crippen molar-refractivity contribution in [3.8, 4) is 0 Å². The van der Waals surface area contributed by atoms with Crippen LogP contribution in [0.4, 0.5) is 0 Å². The molecule has 0 aromatic carbocycles. The van der Waals surface area contributed by atoms with Crippen LogP contribution in [-0.4, -0.2) is 16.2 Å². The minimum Gasteiger partial charge on any atom is -0.393 e. The van der Waals surface area contributed by atoms with E-state index in [9.17, 15) is 5.11 Å². The predicted molar refractivity (Wildman–Crippen MR) is 65.7 cm³/mol. The average molecular weight is 272 g/mol. The molecule has 0 aliphatic rings. The van der Waals surface area contributed by atoms with Gasteiger partial charge in [-0.2, -0.15) is 0 Å². The van der Waals surface area contributed by atoms with Gasteiger partial charge in [0.25, 0.3) is 0 Å². The molecule has 1 aromatic rings. The van der Waals surface area contributed by atoms with Crippen LogP contribution in [0.5, 0.6) is 0 Å². The lowest BCUT2D eigenvalue weighted by Crippen LogP contribution is -2.19. The Kier molecular flexibility index (Phi) is 4.29. The van der Waals surface area contributed by atoms with Gasteiger partial charge in [0.1, 0.15) is 0 Å². The topological polar surface area (TPSA) is 33.1 Å². The monoisotopic (exact) mass is 271 g/mol. The average Bonchev–Trinajstić information content (AvgIpc) is 1.99. The third-order valence-electron chi connectivity index (χ3n) is 2.08. The van der Waals surface area contributed by atoms with E-state index >= 15 is 0 Å². The van der Waals surface area contributed by atoms with E-state index in [-0.39, 0.29) is 11.5 Å². The minimum absolute atomic E-state index is 0.166. The summed E-state index contributed by atoms with van der Waals surface area (Å²) < 4.78 is 0.961. The highest BCUT2D eigenvalue weighted by atomic mass is 79.9. The smallest absolute Gasteiger partial charge is 0.0586 e. The van der Waals surface area contributed by atoms with Gasteiger partial charge in [-0.05, 0) is 45.8 Å². The van der Waals surface area contributed by atoms with E-state index in [1.165, 1.54) is 0 Å². The Morgan fingerprint density at radius 1 is 1.40 bits per heavy atom. The molecule has 0 radical (unpaired) electrons. The third kappa shape index (κ3) is 5.28. The van der Waals surface area contributed by atoms with Crippen LogP contribution in [0.3, 0.4) is 0 Å². The molecule has 2 nitrogen and oxygen atoms in total. The van der Waals surface area contributed by atoms with Gasteiger partial charge in [0.15, 0.2) is 0 Å². The summed E-state index contributed by atoms with van der Waals surface area (Å²) in [6, 6.07) is 2.00. The molecule has 3 heteroatoms. The molecule has 1 rings (SSSR count). The van der Waals surface area contributed by atoms with Crippen molar-refractivity contribution >= 4 is 15.9 Å². The molecule has 0 fully saturated rings. The lowest BCUT2D eigenvalue weighted by atomic mass is 9.87. The first-order valence-corrected chi connectivity index (χ1v) is 5.93. The molecule has 15 heavy (non-hydrogen) atoms. The fourth-order valence-corrected chi connectivity index (χ4v) is 2.03. The molecule has 0 aliphatic carbocycles. The zero-order chi connectivity index (χ0) is 11.5. The Hall–Kier alpha value is -0.410. The molecule has 1 atom stereocenters. The van der Waals surface area contributed by atoms with Gasteiger partial charge in [-0.25, -0.2) is 0 Å². The van der Waals surface area contributed by atoms with Gasteiger partial charge in [-0.15, -0.1) is 0 Å². The van der Waals surface area contributed by atoms with Crippen molar-refractivity contribution in [2.75, 3.05) is 0 Å². The number of aliphatic hydroxyl groups is 1. The molecule has 0 saturated heterocycles. The van der Waals surface area contributed by atoms with Crippen molar-refractivity contribution in [2.24, 2.45) is 5.41 Å². The van der Waals surface area contributed by atoms with Crippen LogP contribution in [0.15, 0.2) is 22.9 Å². The summed E-state index contributed by atoms with van der Waals surface area (Å²) in [4.78, 5) is 4.08. The molecule has 1 unspecified atom stereocenters. The fourth-order valence-electron chi connectivity index (χ4n) is 1.62. The van der Waals surface area contributed by atoms with Crippen molar-refractivity contribution < 1.29 is 5.11 Å². The van der Waals surface area contributed by atoms with Crippen molar-refractivity contribution in [1.29, 1.82) is 0 Å². The Bertz CT molecular complexity index is 320. The van der Waals surface area contributed by atoms with Crippen molar-refractivity contribution in [1.82, 2.24) is 4.98 Å². The second kappa shape index (κ2) is 5.08. The summed E-state index contributed by atoms with van der Waals surface area (Å²) in [6.45, 7) is 6.40. The number of halogens is 1. The van der Waals surface area contributed by atoms with E-state index < -0.39 is 0 Å². The Morgan fingerprint density at radius 3 is 2.60 bits per heavy atom. The quantitative estimate of drug-likeness (QED) is 0.916. The number of nitrogens with zero attached hydrogens (tertiary/aromatic N) is 1. The summed E-state index contributed by atoms with van der Waals surface area (Å²) in [5, 5.41) is 9.89.